The highest BCUT2D eigenvalue weighted by Crippen LogP contribution is 2.14. The highest BCUT2D eigenvalue weighted by molar-refractivity contribution is 7.99. The molecule has 0 saturated carbocycles. The molecule has 0 aliphatic rings. The predicted molar refractivity (Wildman–Crippen MR) is 77.5 cm³/mol. The first-order valence-electron chi connectivity index (χ1n) is 5.94. The van der Waals surface area contributed by atoms with Gasteiger partial charge in [-0.25, -0.2) is 0 Å². The number of nitrogens with one attached hydrogen (secondary N) is 1. The molecule has 102 valence electrons. The second-order valence-electron chi connectivity index (χ2n) is 4.06. The largest absolute Gasteiger partial charge is 0.355 e. The minimum Gasteiger partial charge on any atom is -0.355 e. The Labute approximate surface area is 120 Å². The van der Waals surface area contributed by atoms with Gasteiger partial charge in [-0.05, 0) is 24.8 Å². The monoisotopic (exact) mass is 296 g/mol. The van der Waals surface area contributed by atoms with Crippen molar-refractivity contribution >= 4 is 29.0 Å². The van der Waals surface area contributed by atoms with Crippen LogP contribution in [0.4, 0.5) is 0 Å². The van der Waals surface area contributed by atoms with Gasteiger partial charge in [0, 0.05) is 18.5 Å². The number of thioether (sulfide) groups is 1. The van der Waals surface area contributed by atoms with Gasteiger partial charge >= 0.3 is 0 Å². The molecule has 0 bridgehead atoms. The van der Waals surface area contributed by atoms with Crippen LogP contribution in [0.15, 0.2) is 22.7 Å². The Hall–Kier alpha value is -1.34. The van der Waals surface area contributed by atoms with E-state index in [9.17, 15) is 4.79 Å². The molecule has 7 heteroatoms. The molecule has 0 atom stereocenters. The summed E-state index contributed by atoms with van der Waals surface area (Å²) in [4.78, 5) is 13.0. The van der Waals surface area contributed by atoms with Crippen molar-refractivity contribution in [2.75, 3.05) is 12.3 Å². The number of thiophene rings is 1. The fraction of sp³-hybridized carbons (Fsp3) is 0.417. The molecule has 0 aliphatic carbocycles. The number of nitrogens with zero attached hydrogens (tertiary/aromatic N) is 3. The summed E-state index contributed by atoms with van der Waals surface area (Å²) in [6.07, 6.45) is 0.886. The van der Waals surface area contributed by atoms with E-state index >= 15 is 0 Å². The summed E-state index contributed by atoms with van der Waals surface area (Å²) in [6, 6.07) is 4.10. The van der Waals surface area contributed by atoms with E-state index in [1.165, 1.54) is 16.6 Å². The lowest BCUT2D eigenvalue weighted by molar-refractivity contribution is -0.118. The van der Waals surface area contributed by atoms with Crippen LogP contribution in [0, 0.1) is 6.92 Å². The molecular formula is C12H16N4OS2. The van der Waals surface area contributed by atoms with E-state index < -0.39 is 0 Å². The molecule has 5 nitrogen and oxygen atoms in total. The van der Waals surface area contributed by atoms with Gasteiger partial charge in [0.25, 0.3) is 0 Å². The molecule has 0 unspecified atom stereocenters. The Morgan fingerprint density at radius 1 is 1.53 bits per heavy atom. The third-order valence-corrected chi connectivity index (χ3v) is 4.62. The Morgan fingerprint density at radius 3 is 3.00 bits per heavy atom. The van der Waals surface area contributed by atoms with E-state index in [0.29, 0.717) is 12.3 Å². The van der Waals surface area contributed by atoms with Gasteiger partial charge < -0.3 is 9.88 Å². The Kier molecular flexibility index (Phi) is 4.98. The number of rotatable bonds is 6. The topological polar surface area (TPSA) is 59.8 Å². The van der Waals surface area contributed by atoms with Gasteiger partial charge in [0.2, 0.25) is 5.91 Å². The minimum absolute atomic E-state index is 0.0298. The summed E-state index contributed by atoms with van der Waals surface area (Å²) >= 11 is 3.12. The third kappa shape index (κ3) is 4.07. The Morgan fingerprint density at radius 2 is 2.37 bits per heavy atom. The summed E-state index contributed by atoms with van der Waals surface area (Å²) in [5.41, 5.74) is 0. The highest BCUT2D eigenvalue weighted by Gasteiger charge is 2.08. The normalized spacial score (nSPS) is 10.6. The first-order valence-corrected chi connectivity index (χ1v) is 7.81. The van der Waals surface area contributed by atoms with Gasteiger partial charge in [-0.15, -0.1) is 21.5 Å². The van der Waals surface area contributed by atoms with E-state index in [4.69, 9.17) is 0 Å². The molecule has 1 amide bonds. The molecule has 0 saturated heterocycles. The molecule has 2 heterocycles. The summed E-state index contributed by atoms with van der Waals surface area (Å²) in [6.45, 7) is 2.57. The maximum absolute atomic E-state index is 11.7. The van der Waals surface area contributed by atoms with Crippen LogP contribution in [0.2, 0.25) is 0 Å². The van der Waals surface area contributed by atoms with Gasteiger partial charge in [0.1, 0.15) is 5.82 Å². The van der Waals surface area contributed by atoms with Gasteiger partial charge in [-0.3, -0.25) is 4.79 Å². The van der Waals surface area contributed by atoms with Crippen molar-refractivity contribution in [2.24, 2.45) is 7.05 Å². The average molecular weight is 296 g/mol. The molecule has 0 fully saturated rings. The second kappa shape index (κ2) is 6.72. The molecule has 2 aromatic heterocycles. The minimum atomic E-state index is 0.0298. The average Bonchev–Trinajstić information content (AvgIpc) is 3.00. The lowest BCUT2D eigenvalue weighted by atomic mass is 10.3. The van der Waals surface area contributed by atoms with Crippen molar-refractivity contribution in [3.63, 3.8) is 0 Å². The summed E-state index contributed by atoms with van der Waals surface area (Å²) in [7, 11) is 1.90. The molecule has 2 rings (SSSR count). The van der Waals surface area contributed by atoms with Crippen LogP contribution in [-0.2, 0) is 18.3 Å². The predicted octanol–water partition coefficient (Wildman–Crippen LogP) is 1.64. The van der Waals surface area contributed by atoms with Crippen molar-refractivity contribution < 1.29 is 4.79 Å². The van der Waals surface area contributed by atoms with Gasteiger partial charge in [-0.2, -0.15) is 0 Å². The number of carbonyl (C=O) groups is 1. The van der Waals surface area contributed by atoms with Gasteiger partial charge in [0.05, 0.1) is 5.75 Å². The fourth-order valence-corrected chi connectivity index (χ4v) is 2.97. The van der Waals surface area contributed by atoms with Crippen LogP contribution in [0.3, 0.4) is 0 Å². The van der Waals surface area contributed by atoms with Gasteiger partial charge in [0.15, 0.2) is 5.16 Å². The standard InChI is InChI=1S/C12H16N4OS2/c1-9-14-15-12(16(9)2)19-8-11(17)13-6-5-10-4-3-7-18-10/h3-4,7H,5-6,8H2,1-2H3,(H,13,17). The van der Waals surface area contributed by atoms with Crippen LogP contribution in [0.5, 0.6) is 0 Å². The third-order valence-electron chi connectivity index (χ3n) is 2.66. The number of aromatic nitrogens is 3. The van der Waals surface area contributed by atoms with E-state index in [-0.39, 0.29) is 5.91 Å². The van der Waals surface area contributed by atoms with Crippen molar-refractivity contribution in [2.45, 2.75) is 18.5 Å². The molecule has 1 N–H and O–H groups in total. The first kappa shape index (κ1) is 14.1. The number of hydrogen-bond donors (Lipinski definition) is 1. The molecule has 19 heavy (non-hydrogen) atoms. The second-order valence-corrected chi connectivity index (χ2v) is 6.03. The SMILES string of the molecule is Cc1nnc(SCC(=O)NCCc2cccs2)n1C. The maximum atomic E-state index is 11.7. The maximum Gasteiger partial charge on any atom is 0.230 e. The lowest BCUT2D eigenvalue weighted by Gasteiger charge is -2.04. The van der Waals surface area contributed by atoms with Crippen molar-refractivity contribution in [3.05, 3.63) is 28.2 Å². The van der Waals surface area contributed by atoms with Crippen LogP contribution < -0.4 is 5.32 Å². The molecule has 0 aliphatic heterocycles. The van der Waals surface area contributed by atoms with E-state index in [2.05, 4.69) is 21.6 Å². The van der Waals surface area contributed by atoms with E-state index in [1.54, 1.807) is 11.3 Å². The number of carbonyl (C=O) groups excluding carboxylic acids is 1. The molecule has 0 aromatic carbocycles. The fourth-order valence-electron chi connectivity index (χ4n) is 1.47. The van der Waals surface area contributed by atoms with Crippen LogP contribution in [0.25, 0.3) is 0 Å². The van der Waals surface area contributed by atoms with E-state index in [1.807, 2.05) is 30.0 Å². The molecule has 0 radical (unpaired) electrons. The van der Waals surface area contributed by atoms with Crippen LogP contribution >= 0.6 is 23.1 Å². The zero-order valence-corrected chi connectivity index (χ0v) is 12.6. The molecule has 2 aromatic rings. The summed E-state index contributed by atoms with van der Waals surface area (Å²) in [5.74, 6) is 1.25. The van der Waals surface area contributed by atoms with Crippen molar-refractivity contribution in [1.82, 2.24) is 20.1 Å². The number of aryl methyl sites for hydroxylation is 1. The van der Waals surface area contributed by atoms with Crippen molar-refractivity contribution in [1.29, 1.82) is 0 Å². The van der Waals surface area contributed by atoms with E-state index in [0.717, 1.165) is 17.4 Å². The first-order chi connectivity index (χ1) is 9.16. The highest BCUT2D eigenvalue weighted by atomic mass is 32.2. The Balaban J connectivity index is 1.68. The van der Waals surface area contributed by atoms with Crippen LogP contribution in [-0.4, -0.2) is 33.0 Å². The number of amides is 1. The van der Waals surface area contributed by atoms with Gasteiger partial charge in [-0.1, -0.05) is 17.8 Å². The van der Waals surface area contributed by atoms with Crippen LogP contribution in [0.1, 0.15) is 10.7 Å². The zero-order valence-electron chi connectivity index (χ0n) is 10.9. The number of hydrogen-bond acceptors (Lipinski definition) is 5. The molecular weight excluding hydrogens is 280 g/mol. The lowest BCUT2D eigenvalue weighted by Crippen LogP contribution is -2.27. The zero-order chi connectivity index (χ0) is 13.7. The summed E-state index contributed by atoms with van der Waals surface area (Å²) in [5, 5.41) is 13.7. The quantitative estimate of drug-likeness (QED) is 0.823. The van der Waals surface area contributed by atoms with Crippen molar-refractivity contribution in [3.8, 4) is 0 Å². The smallest absolute Gasteiger partial charge is 0.230 e. The molecule has 0 spiro atoms. The Bertz CT molecular complexity index is 536. The summed E-state index contributed by atoms with van der Waals surface area (Å²) < 4.78 is 1.88.